The third kappa shape index (κ3) is 3.27. The molecule has 4 rings (SSSR count). The smallest absolute Gasteiger partial charge is 0.315 e. The summed E-state index contributed by atoms with van der Waals surface area (Å²) in [5.41, 5.74) is 1.07. The molecule has 6 heteroatoms. The van der Waals surface area contributed by atoms with E-state index in [0.717, 1.165) is 14.5 Å². The monoisotopic (exact) mass is 498 g/mol. The molecule has 28 heavy (non-hydrogen) atoms. The third-order valence-corrected chi connectivity index (χ3v) is 5.90. The van der Waals surface area contributed by atoms with Crippen molar-refractivity contribution in [1.82, 2.24) is 10.2 Å². The van der Waals surface area contributed by atoms with Gasteiger partial charge in [-0.05, 0) is 41.0 Å². The fourth-order valence-corrected chi connectivity index (χ4v) is 3.97. The molecule has 3 aromatic carbocycles. The average molecular weight is 500 g/mol. The van der Waals surface area contributed by atoms with Gasteiger partial charge in [0.25, 0.3) is 5.91 Å². The van der Waals surface area contributed by atoms with Crippen LogP contribution in [0, 0.1) is 0 Å². The summed E-state index contributed by atoms with van der Waals surface area (Å²) in [6.45, 7) is 0.223. The molecule has 1 heterocycles. The van der Waals surface area contributed by atoms with Gasteiger partial charge in [-0.1, -0.05) is 86.5 Å². The normalized spacial score (nSPS) is 15.6. The Kier molecular flexibility index (Phi) is 5.08. The molecular formula is C22H16Br2N2O2. The largest absolute Gasteiger partial charge is 0.325 e. The molecule has 0 aliphatic carbocycles. The van der Waals surface area contributed by atoms with Crippen LogP contribution in [0.15, 0.2) is 87.8 Å². The quantitative estimate of drug-likeness (QED) is 0.501. The number of benzene rings is 3. The Morgan fingerprint density at radius 2 is 1.25 bits per heavy atom. The van der Waals surface area contributed by atoms with E-state index < -0.39 is 11.6 Å². The minimum atomic E-state index is -1.26. The van der Waals surface area contributed by atoms with Gasteiger partial charge in [-0.15, -0.1) is 0 Å². The van der Waals surface area contributed by atoms with Crippen LogP contribution in [0.2, 0.25) is 0 Å². The number of nitrogens with zero attached hydrogens (tertiary/aromatic N) is 1. The predicted octanol–water partition coefficient (Wildman–Crippen LogP) is 5.21. The fourth-order valence-electron chi connectivity index (χ4n) is 3.44. The number of urea groups is 1. The first kappa shape index (κ1) is 18.9. The van der Waals surface area contributed by atoms with Crippen molar-refractivity contribution >= 4 is 43.8 Å². The maximum absolute atomic E-state index is 13.6. The second kappa shape index (κ2) is 7.53. The molecule has 1 aliphatic rings. The van der Waals surface area contributed by atoms with Crippen LogP contribution in [-0.2, 0) is 16.9 Å². The molecule has 3 aromatic rings. The van der Waals surface area contributed by atoms with E-state index in [-0.39, 0.29) is 12.5 Å². The molecule has 4 nitrogen and oxygen atoms in total. The lowest BCUT2D eigenvalue weighted by Gasteiger charge is -2.28. The van der Waals surface area contributed by atoms with Gasteiger partial charge < -0.3 is 5.32 Å². The van der Waals surface area contributed by atoms with Crippen molar-refractivity contribution < 1.29 is 9.59 Å². The van der Waals surface area contributed by atoms with E-state index in [1.165, 1.54) is 4.90 Å². The topological polar surface area (TPSA) is 49.4 Å². The van der Waals surface area contributed by atoms with Crippen LogP contribution < -0.4 is 5.32 Å². The summed E-state index contributed by atoms with van der Waals surface area (Å²) < 4.78 is 1.81. The molecule has 1 N–H and O–H groups in total. The highest BCUT2D eigenvalue weighted by Crippen LogP contribution is 2.37. The minimum Gasteiger partial charge on any atom is -0.315 e. The zero-order chi connectivity index (χ0) is 19.7. The first-order valence-electron chi connectivity index (χ1n) is 8.71. The van der Waals surface area contributed by atoms with Crippen molar-refractivity contribution in [2.24, 2.45) is 0 Å². The van der Waals surface area contributed by atoms with E-state index in [0.29, 0.717) is 11.1 Å². The average Bonchev–Trinajstić information content (AvgIpc) is 2.95. The highest BCUT2D eigenvalue weighted by Gasteiger charge is 2.53. The second-order valence-corrected chi connectivity index (χ2v) is 8.40. The zero-order valence-electron chi connectivity index (χ0n) is 14.7. The summed E-state index contributed by atoms with van der Waals surface area (Å²) >= 11 is 6.86. The minimum absolute atomic E-state index is 0.223. The van der Waals surface area contributed by atoms with Crippen LogP contribution in [0.3, 0.4) is 0 Å². The van der Waals surface area contributed by atoms with Gasteiger partial charge in [-0.3, -0.25) is 9.69 Å². The highest BCUT2D eigenvalue weighted by atomic mass is 79.9. The van der Waals surface area contributed by atoms with Gasteiger partial charge in [0.1, 0.15) is 0 Å². The molecule has 1 aliphatic heterocycles. The number of halogens is 2. The Hall–Kier alpha value is -2.44. The number of hydrogen-bond donors (Lipinski definition) is 1. The van der Waals surface area contributed by atoms with Crippen LogP contribution in [0.1, 0.15) is 16.7 Å². The summed E-state index contributed by atoms with van der Waals surface area (Å²) in [6, 6.07) is 24.0. The third-order valence-electron chi connectivity index (χ3n) is 4.84. The standard InChI is InChI=1S/C22H16Br2N2O2/c23-18-10-6-16(7-11-18)22(17-8-12-19(24)13-9-17)20(27)26(21(28)25-22)14-15-4-2-1-3-5-15/h1-13H,14H2,(H,25,28). The summed E-state index contributed by atoms with van der Waals surface area (Å²) in [5, 5.41) is 2.97. The molecule has 3 amide bonds. The molecule has 1 saturated heterocycles. The maximum Gasteiger partial charge on any atom is 0.325 e. The van der Waals surface area contributed by atoms with Crippen LogP contribution in [0.4, 0.5) is 4.79 Å². The van der Waals surface area contributed by atoms with Crippen LogP contribution in [-0.4, -0.2) is 16.8 Å². The van der Waals surface area contributed by atoms with Crippen LogP contribution in [0.25, 0.3) is 0 Å². The van der Waals surface area contributed by atoms with Crippen molar-refractivity contribution in [2.45, 2.75) is 12.1 Å². The predicted molar refractivity (Wildman–Crippen MR) is 115 cm³/mol. The van der Waals surface area contributed by atoms with Crippen molar-refractivity contribution in [1.29, 1.82) is 0 Å². The summed E-state index contributed by atoms with van der Waals surface area (Å²) in [7, 11) is 0. The van der Waals surface area contributed by atoms with Crippen molar-refractivity contribution in [2.75, 3.05) is 0 Å². The lowest BCUT2D eigenvalue weighted by atomic mass is 9.82. The zero-order valence-corrected chi connectivity index (χ0v) is 17.9. The Morgan fingerprint density at radius 3 is 1.75 bits per heavy atom. The Morgan fingerprint density at radius 1 is 0.750 bits per heavy atom. The SMILES string of the molecule is O=C1NC(c2ccc(Br)cc2)(c2ccc(Br)cc2)C(=O)N1Cc1ccccc1. The lowest BCUT2D eigenvalue weighted by molar-refractivity contribution is -0.130. The first-order chi connectivity index (χ1) is 13.5. The Bertz CT molecular complexity index is 973. The summed E-state index contributed by atoms with van der Waals surface area (Å²) in [4.78, 5) is 27.8. The molecule has 0 radical (unpaired) electrons. The van der Waals surface area contributed by atoms with Crippen molar-refractivity contribution in [3.8, 4) is 0 Å². The number of nitrogens with one attached hydrogen (secondary N) is 1. The molecule has 0 unspecified atom stereocenters. The number of imide groups is 1. The van der Waals surface area contributed by atoms with Gasteiger partial charge in [0, 0.05) is 8.95 Å². The van der Waals surface area contributed by atoms with E-state index in [1.807, 2.05) is 78.9 Å². The van der Waals surface area contributed by atoms with Gasteiger partial charge >= 0.3 is 6.03 Å². The molecule has 0 spiro atoms. The van der Waals surface area contributed by atoms with Gasteiger partial charge in [0.05, 0.1) is 6.54 Å². The number of rotatable bonds is 4. The molecular weight excluding hydrogens is 484 g/mol. The van der Waals surface area contributed by atoms with Crippen molar-refractivity contribution in [3.05, 3.63) is 104 Å². The molecule has 0 saturated carbocycles. The van der Waals surface area contributed by atoms with Crippen molar-refractivity contribution in [3.63, 3.8) is 0 Å². The molecule has 0 bridgehead atoms. The second-order valence-electron chi connectivity index (χ2n) is 6.57. The van der Waals surface area contributed by atoms with Gasteiger partial charge in [-0.25, -0.2) is 4.79 Å². The van der Waals surface area contributed by atoms with Crippen LogP contribution in [0.5, 0.6) is 0 Å². The van der Waals surface area contributed by atoms with Gasteiger partial charge in [0.15, 0.2) is 5.54 Å². The van der Waals surface area contributed by atoms with E-state index in [4.69, 9.17) is 0 Å². The van der Waals surface area contributed by atoms with Crippen LogP contribution >= 0.6 is 31.9 Å². The lowest BCUT2D eigenvalue weighted by Crippen LogP contribution is -2.45. The molecule has 0 aromatic heterocycles. The van der Waals surface area contributed by atoms with E-state index in [2.05, 4.69) is 37.2 Å². The maximum atomic E-state index is 13.6. The van der Waals surface area contributed by atoms with E-state index >= 15 is 0 Å². The Balaban J connectivity index is 1.82. The first-order valence-corrected chi connectivity index (χ1v) is 10.3. The molecule has 0 atom stereocenters. The number of hydrogen-bond acceptors (Lipinski definition) is 2. The van der Waals surface area contributed by atoms with Gasteiger partial charge in [0.2, 0.25) is 0 Å². The number of carbonyl (C=O) groups is 2. The van der Waals surface area contributed by atoms with E-state index in [1.54, 1.807) is 0 Å². The van der Waals surface area contributed by atoms with Gasteiger partial charge in [-0.2, -0.15) is 0 Å². The van der Waals surface area contributed by atoms with E-state index in [9.17, 15) is 9.59 Å². The number of amides is 3. The highest BCUT2D eigenvalue weighted by molar-refractivity contribution is 9.10. The molecule has 140 valence electrons. The number of carbonyl (C=O) groups excluding carboxylic acids is 2. The Labute approximate surface area is 179 Å². The fraction of sp³-hybridized carbons (Fsp3) is 0.0909. The summed E-state index contributed by atoms with van der Waals surface area (Å²) in [6.07, 6.45) is 0. The summed E-state index contributed by atoms with van der Waals surface area (Å²) in [5.74, 6) is -0.286. The molecule has 1 fully saturated rings.